The number of halogens is 3. The summed E-state index contributed by atoms with van der Waals surface area (Å²) in [5, 5.41) is 14.5. The lowest BCUT2D eigenvalue weighted by Gasteiger charge is -2.35. The minimum atomic E-state index is -4.90. The number of ether oxygens (including phenoxy) is 1. The van der Waals surface area contributed by atoms with E-state index in [1.807, 2.05) is 22.1 Å². The van der Waals surface area contributed by atoms with E-state index in [-0.39, 0.29) is 30.6 Å². The largest absolute Gasteiger partial charge is 0.475 e. The molecule has 0 spiro atoms. The number of hydrogen-bond acceptors (Lipinski definition) is 9. The average Bonchev–Trinajstić information content (AvgIpc) is 3.41. The van der Waals surface area contributed by atoms with Gasteiger partial charge in [-0.3, -0.25) is 9.59 Å². The molecule has 6 rings (SSSR count). The molecule has 0 bridgehead atoms. The summed E-state index contributed by atoms with van der Waals surface area (Å²) in [6, 6.07) is 15.1. The SMILES string of the molecule is N#Cc1ccc(N2CCN(C(=O)c3ccnc(OC[C@@H]4c5ccccc5CN4c4cn[nH]c(=O)c4C(F)(F)F)c3)CC2)nc1. The fourth-order valence-electron chi connectivity index (χ4n) is 5.52. The number of aromatic amines is 1. The maximum atomic E-state index is 13.9. The molecule has 2 aliphatic heterocycles. The zero-order valence-corrected chi connectivity index (χ0v) is 23.2. The second-order valence-corrected chi connectivity index (χ2v) is 10.3. The number of nitriles is 1. The van der Waals surface area contributed by atoms with Crippen molar-refractivity contribution < 1.29 is 22.7 Å². The van der Waals surface area contributed by atoms with Crippen LogP contribution in [0.15, 0.2) is 71.9 Å². The normalized spacial score (nSPS) is 16.4. The van der Waals surface area contributed by atoms with E-state index in [1.54, 1.807) is 41.3 Å². The van der Waals surface area contributed by atoms with Crippen LogP contribution in [0.2, 0.25) is 0 Å². The molecule has 224 valence electrons. The number of aromatic nitrogens is 4. The number of piperazine rings is 1. The second-order valence-electron chi connectivity index (χ2n) is 10.3. The first-order valence-corrected chi connectivity index (χ1v) is 13.7. The Labute approximate surface area is 249 Å². The molecule has 11 nitrogen and oxygen atoms in total. The Balaban J connectivity index is 1.16. The zero-order valence-electron chi connectivity index (χ0n) is 23.2. The van der Waals surface area contributed by atoms with E-state index in [0.29, 0.717) is 37.3 Å². The van der Waals surface area contributed by atoms with Crippen molar-refractivity contribution in [2.45, 2.75) is 18.8 Å². The number of rotatable bonds is 6. The molecular weight excluding hydrogens is 577 g/mol. The number of pyridine rings is 2. The molecule has 14 heteroatoms. The third-order valence-corrected chi connectivity index (χ3v) is 7.70. The van der Waals surface area contributed by atoms with Crippen LogP contribution in [-0.2, 0) is 12.7 Å². The molecule has 1 amide bonds. The van der Waals surface area contributed by atoms with Gasteiger partial charge in [0.2, 0.25) is 5.88 Å². The summed E-state index contributed by atoms with van der Waals surface area (Å²) in [7, 11) is 0. The Morgan fingerprint density at radius 2 is 1.86 bits per heavy atom. The summed E-state index contributed by atoms with van der Waals surface area (Å²) in [5.74, 6) is 0.666. The number of alkyl halides is 3. The zero-order chi connectivity index (χ0) is 30.8. The van der Waals surface area contributed by atoms with Crippen LogP contribution in [0.4, 0.5) is 24.7 Å². The smallest absolute Gasteiger partial charge is 0.423 e. The van der Waals surface area contributed by atoms with Crippen LogP contribution in [0.3, 0.4) is 0 Å². The van der Waals surface area contributed by atoms with Gasteiger partial charge in [0.05, 0.1) is 23.5 Å². The molecule has 1 aromatic carbocycles. The standard InChI is InChI=1S/C30H25F3N8O3/c31-30(32,33)27-23(16-37-38-28(27)42)41-17-21-3-1-2-4-22(21)24(41)18-44-26-13-20(7-8-35-26)29(43)40-11-9-39(10-12-40)25-6-5-19(14-34)15-36-25/h1-8,13,15-16,24H,9-12,17-18H2,(H,38,42)/t24-/m1/s1. The van der Waals surface area contributed by atoms with Crippen molar-refractivity contribution in [2.75, 3.05) is 42.6 Å². The quantitative estimate of drug-likeness (QED) is 0.352. The minimum Gasteiger partial charge on any atom is -0.475 e. The number of fused-ring (bicyclic) bond motifs is 1. The molecule has 3 aromatic heterocycles. The lowest BCUT2D eigenvalue weighted by molar-refractivity contribution is -0.138. The predicted octanol–water partition coefficient (Wildman–Crippen LogP) is 3.55. The molecule has 0 unspecified atom stereocenters. The molecule has 0 radical (unpaired) electrons. The number of H-pyrrole nitrogens is 1. The van der Waals surface area contributed by atoms with Gasteiger partial charge in [0.1, 0.15) is 24.1 Å². The van der Waals surface area contributed by atoms with Gasteiger partial charge in [-0.1, -0.05) is 24.3 Å². The van der Waals surface area contributed by atoms with Gasteiger partial charge >= 0.3 is 6.18 Å². The number of carbonyl (C=O) groups is 1. The van der Waals surface area contributed by atoms with Crippen LogP contribution >= 0.6 is 0 Å². The predicted molar refractivity (Wildman–Crippen MR) is 152 cm³/mol. The number of nitrogens with zero attached hydrogens (tertiary/aromatic N) is 7. The molecule has 1 fully saturated rings. The Morgan fingerprint density at radius 3 is 2.59 bits per heavy atom. The molecule has 4 aromatic rings. The third kappa shape index (κ3) is 5.63. The topological polar surface area (TPSA) is 131 Å². The molecule has 1 saturated heterocycles. The van der Waals surface area contributed by atoms with Gasteiger partial charge in [-0.25, -0.2) is 15.1 Å². The molecule has 1 N–H and O–H groups in total. The summed E-state index contributed by atoms with van der Waals surface area (Å²) in [5.41, 5.74) is -0.621. The van der Waals surface area contributed by atoms with Gasteiger partial charge in [-0.05, 0) is 29.3 Å². The van der Waals surface area contributed by atoms with E-state index in [2.05, 4.69) is 15.1 Å². The van der Waals surface area contributed by atoms with Crippen LogP contribution in [-0.4, -0.2) is 63.8 Å². The molecule has 0 aliphatic carbocycles. The Hall–Kier alpha value is -5.45. The Kier molecular flexibility index (Phi) is 7.60. The summed E-state index contributed by atoms with van der Waals surface area (Å²) in [6.45, 7) is 2.06. The first kappa shape index (κ1) is 28.7. The lowest BCUT2D eigenvalue weighted by atomic mass is 10.1. The first-order chi connectivity index (χ1) is 21.2. The number of benzene rings is 1. The summed E-state index contributed by atoms with van der Waals surface area (Å²) < 4.78 is 47.7. The fourth-order valence-corrected chi connectivity index (χ4v) is 5.52. The summed E-state index contributed by atoms with van der Waals surface area (Å²) in [6.07, 6.45) is -0.938. The molecule has 44 heavy (non-hydrogen) atoms. The van der Waals surface area contributed by atoms with Crippen LogP contribution in [0, 0.1) is 11.3 Å². The maximum Gasteiger partial charge on any atom is 0.423 e. The van der Waals surface area contributed by atoms with Crippen molar-refractivity contribution in [3.05, 3.63) is 105 Å². The monoisotopic (exact) mass is 602 g/mol. The van der Waals surface area contributed by atoms with Crippen molar-refractivity contribution in [3.8, 4) is 11.9 Å². The van der Waals surface area contributed by atoms with E-state index in [9.17, 15) is 22.8 Å². The summed E-state index contributed by atoms with van der Waals surface area (Å²) >= 11 is 0. The Morgan fingerprint density at radius 1 is 1.07 bits per heavy atom. The number of amides is 1. The highest BCUT2D eigenvalue weighted by molar-refractivity contribution is 5.94. The molecule has 2 aliphatic rings. The fraction of sp³-hybridized carbons (Fsp3) is 0.267. The van der Waals surface area contributed by atoms with Crippen molar-refractivity contribution in [1.29, 1.82) is 5.26 Å². The highest BCUT2D eigenvalue weighted by atomic mass is 19.4. The number of hydrogen-bond donors (Lipinski definition) is 1. The third-order valence-electron chi connectivity index (χ3n) is 7.70. The van der Waals surface area contributed by atoms with Gasteiger partial charge in [-0.2, -0.15) is 23.5 Å². The van der Waals surface area contributed by atoms with Gasteiger partial charge in [-0.15, -0.1) is 0 Å². The highest BCUT2D eigenvalue weighted by Gasteiger charge is 2.42. The first-order valence-electron chi connectivity index (χ1n) is 13.7. The van der Waals surface area contributed by atoms with E-state index >= 15 is 0 Å². The number of carbonyl (C=O) groups excluding carboxylic acids is 1. The lowest BCUT2D eigenvalue weighted by Crippen LogP contribution is -2.49. The molecule has 0 saturated carbocycles. The van der Waals surface area contributed by atoms with Gasteiger partial charge in [0, 0.05) is 56.7 Å². The van der Waals surface area contributed by atoms with Crippen LogP contribution in [0.1, 0.15) is 38.7 Å². The van der Waals surface area contributed by atoms with Crippen molar-refractivity contribution in [1.82, 2.24) is 25.1 Å². The van der Waals surface area contributed by atoms with Crippen molar-refractivity contribution in [2.24, 2.45) is 0 Å². The van der Waals surface area contributed by atoms with Gasteiger partial charge in [0.15, 0.2) is 0 Å². The minimum absolute atomic E-state index is 0.0952. The van der Waals surface area contributed by atoms with Crippen LogP contribution in [0.5, 0.6) is 5.88 Å². The maximum absolute atomic E-state index is 13.9. The van der Waals surface area contributed by atoms with E-state index in [4.69, 9.17) is 10.00 Å². The number of anilines is 2. The molecule has 5 heterocycles. The highest BCUT2D eigenvalue weighted by Crippen LogP contribution is 2.42. The van der Waals surface area contributed by atoms with E-state index < -0.39 is 23.3 Å². The second kappa shape index (κ2) is 11.7. The molecule has 1 atom stereocenters. The average molecular weight is 603 g/mol. The van der Waals surface area contributed by atoms with Crippen LogP contribution < -0.4 is 20.1 Å². The van der Waals surface area contributed by atoms with E-state index in [0.717, 1.165) is 23.1 Å². The molecular formula is C30H25F3N8O3. The van der Waals surface area contributed by atoms with E-state index in [1.165, 1.54) is 23.4 Å². The van der Waals surface area contributed by atoms with Crippen molar-refractivity contribution >= 4 is 17.4 Å². The van der Waals surface area contributed by atoms with Gasteiger partial charge < -0.3 is 19.4 Å². The summed E-state index contributed by atoms with van der Waals surface area (Å²) in [4.78, 5) is 39.3. The number of nitrogens with one attached hydrogen (secondary N) is 1. The van der Waals surface area contributed by atoms with Crippen LogP contribution in [0.25, 0.3) is 0 Å². The Bertz CT molecular complexity index is 1780. The van der Waals surface area contributed by atoms with Crippen molar-refractivity contribution in [3.63, 3.8) is 0 Å². The van der Waals surface area contributed by atoms with Gasteiger partial charge in [0.25, 0.3) is 11.5 Å².